The number of carbonyl (C=O) groups is 1. The quantitative estimate of drug-likeness (QED) is 0.427. The standard InChI is InChI=1S/C26H26N2O3/c1-17-5-12-21(13-6-17)30-16-24(29)27-20-11-14-22-23(15-20)31-25(28-22)18-7-9-19(10-8-18)26(2,3)4/h5-15H,16H2,1-4H3,(H,27,29). The van der Waals surface area contributed by atoms with Crippen LogP contribution < -0.4 is 10.1 Å². The van der Waals surface area contributed by atoms with Crippen LogP contribution in [-0.4, -0.2) is 17.5 Å². The molecule has 0 radical (unpaired) electrons. The van der Waals surface area contributed by atoms with Gasteiger partial charge in [0.05, 0.1) is 0 Å². The number of oxazole rings is 1. The van der Waals surface area contributed by atoms with Crippen molar-refractivity contribution in [2.75, 3.05) is 11.9 Å². The Labute approximate surface area is 182 Å². The molecule has 0 unspecified atom stereocenters. The molecule has 1 heterocycles. The lowest BCUT2D eigenvalue weighted by Gasteiger charge is -2.18. The molecule has 0 spiro atoms. The summed E-state index contributed by atoms with van der Waals surface area (Å²) in [5, 5.41) is 2.84. The van der Waals surface area contributed by atoms with E-state index in [1.54, 1.807) is 12.1 Å². The minimum atomic E-state index is -0.238. The van der Waals surface area contributed by atoms with Crippen LogP contribution in [0.25, 0.3) is 22.6 Å². The van der Waals surface area contributed by atoms with Gasteiger partial charge >= 0.3 is 0 Å². The van der Waals surface area contributed by atoms with Crippen LogP contribution in [0.15, 0.2) is 71.1 Å². The summed E-state index contributed by atoms with van der Waals surface area (Å²) in [5.74, 6) is 0.979. The summed E-state index contributed by atoms with van der Waals surface area (Å²) in [5.41, 5.74) is 5.40. The number of benzene rings is 3. The summed E-state index contributed by atoms with van der Waals surface area (Å²) >= 11 is 0. The molecular formula is C26H26N2O3. The number of amides is 1. The molecule has 0 saturated heterocycles. The Bertz CT molecular complexity index is 1200. The predicted molar refractivity (Wildman–Crippen MR) is 123 cm³/mol. The summed E-state index contributed by atoms with van der Waals surface area (Å²) in [6.07, 6.45) is 0. The van der Waals surface area contributed by atoms with Crippen molar-refractivity contribution in [3.63, 3.8) is 0 Å². The van der Waals surface area contributed by atoms with Crippen LogP contribution in [0.2, 0.25) is 0 Å². The van der Waals surface area contributed by atoms with Gasteiger partial charge in [-0.3, -0.25) is 4.79 Å². The third-order valence-corrected chi connectivity index (χ3v) is 5.06. The number of ether oxygens (including phenoxy) is 1. The molecule has 3 aromatic carbocycles. The second-order valence-electron chi connectivity index (χ2n) is 8.68. The molecule has 0 aliphatic carbocycles. The first-order chi connectivity index (χ1) is 14.8. The Morgan fingerprint density at radius 1 is 1.00 bits per heavy atom. The van der Waals surface area contributed by atoms with Crippen LogP contribution >= 0.6 is 0 Å². The molecule has 5 nitrogen and oxygen atoms in total. The smallest absolute Gasteiger partial charge is 0.262 e. The van der Waals surface area contributed by atoms with Gasteiger partial charge in [0.15, 0.2) is 12.2 Å². The van der Waals surface area contributed by atoms with Crippen molar-refractivity contribution in [2.45, 2.75) is 33.1 Å². The van der Waals surface area contributed by atoms with Gasteiger partial charge in [0.2, 0.25) is 5.89 Å². The van der Waals surface area contributed by atoms with Crippen molar-refractivity contribution >= 4 is 22.7 Å². The lowest BCUT2D eigenvalue weighted by Crippen LogP contribution is -2.20. The van der Waals surface area contributed by atoms with Crippen molar-refractivity contribution in [1.29, 1.82) is 0 Å². The van der Waals surface area contributed by atoms with Gasteiger partial charge in [-0.15, -0.1) is 0 Å². The van der Waals surface area contributed by atoms with Gasteiger partial charge in [-0.2, -0.15) is 0 Å². The van der Waals surface area contributed by atoms with Crippen molar-refractivity contribution in [2.24, 2.45) is 0 Å². The second-order valence-corrected chi connectivity index (χ2v) is 8.68. The van der Waals surface area contributed by atoms with Crippen molar-refractivity contribution in [3.8, 4) is 17.2 Å². The molecule has 4 rings (SSSR count). The highest BCUT2D eigenvalue weighted by molar-refractivity contribution is 5.93. The summed E-state index contributed by atoms with van der Waals surface area (Å²) in [4.78, 5) is 16.8. The molecule has 0 atom stereocenters. The molecule has 31 heavy (non-hydrogen) atoms. The zero-order valence-electron chi connectivity index (χ0n) is 18.2. The third-order valence-electron chi connectivity index (χ3n) is 5.06. The first-order valence-corrected chi connectivity index (χ1v) is 10.3. The van der Waals surface area contributed by atoms with E-state index in [0.717, 1.165) is 16.6 Å². The number of carbonyl (C=O) groups excluding carboxylic acids is 1. The lowest BCUT2D eigenvalue weighted by atomic mass is 9.87. The second kappa shape index (κ2) is 8.26. The maximum atomic E-state index is 12.2. The highest BCUT2D eigenvalue weighted by Crippen LogP contribution is 2.29. The summed E-state index contributed by atoms with van der Waals surface area (Å²) in [7, 11) is 0. The summed E-state index contributed by atoms with van der Waals surface area (Å²) in [6.45, 7) is 8.49. The topological polar surface area (TPSA) is 64.4 Å². The van der Waals surface area contributed by atoms with E-state index in [-0.39, 0.29) is 17.9 Å². The Morgan fingerprint density at radius 3 is 2.39 bits per heavy atom. The monoisotopic (exact) mass is 414 g/mol. The molecule has 158 valence electrons. The maximum Gasteiger partial charge on any atom is 0.262 e. The van der Waals surface area contributed by atoms with Crippen molar-refractivity contribution < 1.29 is 13.9 Å². The zero-order valence-corrected chi connectivity index (χ0v) is 18.2. The van der Waals surface area contributed by atoms with Crippen LogP contribution in [-0.2, 0) is 10.2 Å². The number of rotatable bonds is 5. The lowest BCUT2D eigenvalue weighted by molar-refractivity contribution is -0.118. The molecule has 0 fully saturated rings. The first kappa shape index (κ1) is 20.7. The van der Waals surface area contributed by atoms with Crippen LogP contribution in [0.3, 0.4) is 0 Å². The summed E-state index contributed by atoms with van der Waals surface area (Å²) < 4.78 is 11.5. The van der Waals surface area contributed by atoms with E-state index < -0.39 is 0 Å². The molecule has 5 heteroatoms. The van der Waals surface area contributed by atoms with E-state index in [4.69, 9.17) is 9.15 Å². The number of fused-ring (bicyclic) bond motifs is 1. The number of hydrogen-bond acceptors (Lipinski definition) is 4. The van der Waals surface area contributed by atoms with Gasteiger partial charge in [0, 0.05) is 17.3 Å². The number of aromatic nitrogens is 1. The number of hydrogen-bond donors (Lipinski definition) is 1. The first-order valence-electron chi connectivity index (χ1n) is 10.3. The fourth-order valence-corrected chi connectivity index (χ4v) is 3.22. The summed E-state index contributed by atoms with van der Waals surface area (Å²) in [6, 6.07) is 21.2. The Balaban J connectivity index is 1.44. The molecular weight excluding hydrogens is 388 g/mol. The Morgan fingerprint density at radius 2 is 1.71 bits per heavy atom. The van der Waals surface area contributed by atoms with Gasteiger partial charge in [-0.05, 0) is 54.3 Å². The molecule has 0 saturated carbocycles. The molecule has 0 aliphatic rings. The molecule has 4 aromatic rings. The van der Waals surface area contributed by atoms with Gasteiger partial charge in [0.1, 0.15) is 11.3 Å². The van der Waals surface area contributed by atoms with E-state index in [1.807, 2.05) is 49.4 Å². The Hall–Kier alpha value is -3.60. The number of aryl methyl sites for hydroxylation is 1. The molecule has 0 aliphatic heterocycles. The zero-order chi connectivity index (χ0) is 22.0. The fraction of sp³-hybridized carbons (Fsp3) is 0.231. The van der Waals surface area contributed by atoms with Crippen LogP contribution in [0, 0.1) is 6.92 Å². The molecule has 1 amide bonds. The van der Waals surface area contributed by atoms with Crippen LogP contribution in [0.4, 0.5) is 5.69 Å². The van der Waals surface area contributed by atoms with Crippen LogP contribution in [0.1, 0.15) is 31.9 Å². The number of nitrogens with zero attached hydrogens (tertiary/aromatic N) is 1. The average Bonchev–Trinajstić information content (AvgIpc) is 3.16. The van der Waals surface area contributed by atoms with E-state index in [2.05, 4.69) is 43.2 Å². The van der Waals surface area contributed by atoms with Gasteiger partial charge in [-0.25, -0.2) is 4.98 Å². The molecule has 1 aromatic heterocycles. The number of anilines is 1. The highest BCUT2D eigenvalue weighted by Gasteiger charge is 2.15. The van der Waals surface area contributed by atoms with Crippen molar-refractivity contribution in [3.05, 3.63) is 77.9 Å². The predicted octanol–water partition coefficient (Wildman–Crippen LogP) is 6.12. The SMILES string of the molecule is Cc1ccc(OCC(=O)Nc2ccc3nc(-c4ccc(C(C)(C)C)cc4)oc3c2)cc1. The van der Waals surface area contributed by atoms with Gasteiger partial charge < -0.3 is 14.5 Å². The van der Waals surface area contributed by atoms with E-state index in [0.29, 0.717) is 22.9 Å². The van der Waals surface area contributed by atoms with Gasteiger partial charge in [0.25, 0.3) is 5.91 Å². The van der Waals surface area contributed by atoms with E-state index in [9.17, 15) is 4.79 Å². The minimum Gasteiger partial charge on any atom is -0.484 e. The molecule has 1 N–H and O–H groups in total. The average molecular weight is 415 g/mol. The van der Waals surface area contributed by atoms with E-state index in [1.165, 1.54) is 5.56 Å². The van der Waals surface area contributed by atoms with Crippen molar-refractivity contribution in [1.82, 2.24) is 4.98 Å². The fourth-order valence-electron chi connectivity index (χ4n) is 3.22. The minimum absolute atomic E-state index is 0.0666. The Kier molecular flexibility index (Phi) is 5.51. The van der Waals surface area contributed by atoms with Gasteiger partial charge in [-0.1, -0.05) is 50.6 Å². The molecule has 0 bridgehead atoms. The van der Waals surface area contributed by atoms with Crippen LogP contribution in [0.5, 0.6) is 5.75 Å². The van der Waals surface area contributed by atoms with E-state index >= 15 is 0 Å². The highest BCUT2D eigenvalue weighted by atomic mass is 16.5. The largest absolute Gasteiger partial charge is 0.484 e. The third kappa shape index (κ3) is 4.94. The maximum absolute atomic E-state index is 12.2. The number of nitrogens with one attached hydrogen (secondary N) is 1. The normalized spacial score (nSPS) is 11.5.